The van der Waals surface area contributed by atoms with Gasteiger partial charge in [-0.1, -0.05) is 61.2 Å². The van der Waals surface area contributed by atoms with E-state index in [1.807, 2.05) is 18.2 Å². The van der Waals surface area contributed by atoms with Gasteiger partial charge in [0, 0.05) is 17.4 Å². The minimum absolute atomic E-state index is 0.127. The molecule has 30 heavy (non-hydrogen) atoms. The highest BCUT2D eigenvalue weighted by molar-refractivity contribution is 5.64. The second kappa shape index (κ2) is 10.00. The van der Waals surface area contributed by atoms with Crippen LogP contribution < -0.4 is 0 Å². The first-order valence-corrected chi connectivity index (χ1v) is 10.5. The van der Waals surface area contributed by atoms with Crippen LogP contribution in [-0.4, -0.2) is 12.5 Å². The Morgan fingerprint density at radius 3 is 2.07 bits per heavy atom. The number of hydrogen-bond donors (Lipinski definition) is 0. The Balaban J connectivity index is 1.58. The molecule has 0 spiro atoms. The zero-order chi connectivity index (χ0) is 21.6. The highest BCUT2D eigenvalue weighted by atomic mass is 19.4. The van der Waals surface area contributed by atoms with E-state index in [-0.39, 0.29) is 5.92 Å². The number of allylic oxidation sites excluding steroid dienone is 1. The quantitative estimate of drug-likeness (QED) is 0.365. The van der Waals surface area contributed by atoms with E-state index < -0.39 is 12.5 Å². The summed E-state index contributed by atoms with van der Waals surface area (Å²) in [5.74, 6) is 6.90. The summed E-state index contributed by atoms with van der Waals surface area (Å²) in [6, 6.07) is 16.7. The molecule has 1 fully saturated rings. The van der Waals surface area contributed by atoms with Gasteiger partial charge in [0.2, 0.25) is 0 Å². The average molecular weight is 412 g/mol. The fourth-order valence-corrected chi connectivity index (χ4v) is 3.91. The number of benzene rings is 2. The standard InChI is InChI=1S/C26H27F3O/c1-3-21(4-2)22-13-15-24(16-14-22)23-11-7-19(8-12-23)5-6-20-9-17-25(18-10-20)30-26(27,28)29/h3,7-8,11-16,20-21,25H,1,4,9-10,17-18H2,2H3. The third kappa shape index (κ3) is 6.24. The molecular weight excluding hydrogens is 385 g/mol. The number of rotatable bonds is 5. The predicted molar refractivity (Wildman–Crippen MR) is 115 cm³/mol. The molecule has 0 saturated heterocycles. The van der Waals surface area contributed by atoms with E-state index in [2.05, 4.69) is 66.5 Å². The van der Waals surface area contributed by atoms with Gasteiger partial charge in [-0.15, -0.1) is 19.8 Å². The van der Waals surface area contributed by atoms with Crippen LogP contribution in [0.15, 0.2) is 61.2 Å². The van der Waals surface area contributed by atoms with Crippen molar-refractivity contribution < 1.29 is 17.9 Å². The van der Waals surface area contributed by atoms with Crippen molar-refractivity contribution in [1.29, 1.82) is 0 Å². The molecule has 1 unspecified atom stereocenters. The number of ether oxygens (including phenoxy) is 1. The van der Waals surface area contributed by atoms with E-state index >= 15 is 0 Å². The molecule has 1 saturated carbocycles. The number of alkyl halides is 3. The van der Waals surface area contributed by atoms with Gasteiger partial charge in [0.05, 0.1) is 6.10 Å². The molecule has 2 aromatic carbocycles. The van der Waals surface area contributed by atoms with Gasteiger partial charge in [0.1, 0.15) is 0 Å². The Morgan fingerprint density at radius 1 is 1.00 bits per heavy atom. The van der Waals surface area contributed by atoms with E-state index in [0.717, 1.165) is 23.1 Å². The van der Waals surface area contributed by atoms with Crippen molar-refractivity contribution in [2.45, 2.75) is 57.4 Å². The molecule has 2 aromatic rings. The SMILES string of the molecule is C=CC(CC)c1ccc(-c2ccc(C#CC3CCC(OC(F)(F)F)CC3)cc2)cc1. The lowest BCUT2D eigenvalue weighted by molar-refractivity contribution is -0.345. The molecular formula is C26H27F3O. The minimum Gasteiger partial charge on any atom is -0.289 e. The summed E-state index contributed by atoms with van der Waals surface area (Å²) in [6.45, 7) is 6.06. The maximum Gasteiger partial charge on any atom is 0.522 e. The fraction of sp³-hybridized carbons (Fsp3) is 0.385. The van der Waals surface area contributed by atoms with E-state index in [1.165, 1.54) is 5.56 Å². The van der Waals surface area contributed by atoms with Crippen LogP contribution in [0.4, 0.5) is 13.2 Å². The monoisotopic (exact) mass is 412 g/mol. The van der Waals surface area contributed by atoms with Crippen molar-refractivity contribution in [3.05, 3.63) is 72.3 Å². The molecule has 158 valence electrons. The largest absolute Gasteiger partial charge is 0.522 e. The molecule has 3 rings (SSSR count). The molecule has 0 aliphatic heterocycles. The summed E-state index contributed by atoms with van der Waals surface area (Å²) >= 11 is 0. The van der Waals surface area contributed by atoms with Crippen molar-refractivity contribution >= 4 is 0 Å². The second-order valence-corrected chi connectivity index (χ2v) is 7.76. The molecule has 0 N–H and O–H groups in total. The maximum atomic E-state index is 12.3. The first kappa shape index (κ1) is 22.2. The Hall–Kier alpha value is -2.51. The summed E-state index contributed by atoms with van der Waals surface area (Å²) in [6.07, 6.45) is -0.173. The zero-order valence-corrected chi connectivity index (χ0v) is 17.2. The van der Waals surface area contributed by atoms with Gasteiger partial charge in [-0.25, -0.2) is 0 Å². The molecule has 0 radical (unpaired) electrons. The first-order valence-electron chi connectivity index (χ1n) is 10.5. The van der Waals surface area contributed by atoms with Crippen LogP contribution in [0.3, 0.4) is 0 Å². The van der Waals surface area contributed by atoms with Gasteiger partial charge in [0.15, 0.2) is 0 Å². The van der Waals surface area contributed by atoms with Crippen LogP contribution in [-0.2, 0) is 4.74 Å². The van der Waals surface area contributed by atoms with Crippen molar-refractivity contribution in [3.8, 4) is 23.0 Å². The van der Waals surface area contributed by atoms with Gasteiger partial charge in [0.25, 0.3) is 0 Å². The molecule has 0 aromatic heterocycles. The highest BCUT2D eigenvalue weighted by Crippen LogP contribution is 2.30. The Kier molecular flexibility index (Phi) is 7.39. The third-order valence-electron chi connectivity index (χ3n) is 5.68. The van der Waals surface area contributed by atoms with Crippen molar-refractivity contribution in [3.63, 3.8) is 0 Å². The van der Waals surface area contributed by atoms with Crippen LogP contribution in [0.1, 0.15) is 56.1 Å². The summed E-state index contributed by atoms with van der Waals surface area (Å²) in [4.78, 5) is 0. The summed E-state index contributed by atoms with van der Waals surface area (Å²) < 4.78 is 41.0. The normalized spacial score (nSPS) is 20.1. The van der Waals surface area contributed by atoms with Crippen LogP contribution in [0.2, 0.25) is 0 Å². The smallest absolute Gasteiger partial charge is 0.289 e. The second-order valence-electron chi connectivity index (χ2n) is 7.76. The van der Waals surface area contributed by atoms with E-state index in [4.69, 9.17) is 0 Å². The topological polar surface area (TPSA) is 9.23 Å². The first-order chi connectivity index (χ1) is 14.4. The summed E-state index contributed by atoms with van der Waals surface area (Å²) in [5.41, 5.74) is 4.47. The molecule has 0 bridgehead atoms. The lowest BCUT2D eigenvalue weighted by Crippen LogP contribution is -2.27. The molecule has 1 atom stereocenters. The Morgan fingerprint density at radius 2 is 1.57 bits per heavy atom. The average Bonchev–Trinajstić information content (AvgIpc) is 2.74. The third-order valence-corrected chi connectivity index (χ3v) is 5.68. The van der Waals surface area contributed by atoms with Crippen LogP contribution in [0, 0.1) is 17.8 Å². The van der Waals surface area contributed by atoms with Crippen LogP contribution in [0.5, 0.6) is 0 Å². The lowest BCUT2D eigenvalue weighted by Gasteiger charge is -2.26. The van der Waals surface area contributed by atoms with E-state index in [9.17, 15) is 13.2 Å². The Bertz CT molecular complexity index is 877. The number of halogens is 3. The lowest BCUT2D eigenvalue weighted by atomic mass is 9.87. The minimum atomic E-state index is -4.55. The van der Waals surface area contributed by atoms with Crippen molar-refractivity contribution in [2.75, 3.05) is 0 Å². The van der Waals surface area contributed by atoms with Crippen LogP contribution >= 0.6 is 0 Å². The molecule has 1 nitrogen and oxygen atoms in total. The van der Waals surface area contributed by atoms with Gasteiger partial charge in [-0.05, 0) is 60.9 Å². The molecule has 1 aliphatic carbocycles. The van der Waals surface area contributed by atoms with Crippen molar-refractivity contribution in [2.24, 2.45) is 5.92 Å². The summed E-state index contributed by atoms with van der Waals surface area (Å²) in [5, 5.41) is 0. The number of hydrogen-bond acceptors (Lipinski definition) is 1. The summed E-state index contributed by atoms with van der Waals surface area (Å²) in [7, 11) is 0. The molecule has 1 aliphatic rings. The van der Waals surface area contributed by atoms with E-state index in [0.29, 0.717) is 31.6 Å². The predicted octanol–water partition coefficient (Wildman–Crippen LogP) is 7.48. The highest BCUT2D eigenvalue weighted by Gasteiger charge is 2.35. The van der Waals surface area contributed by atoms with E-state index in [1.54, 1.807) is 0 Å². The van der Waals surface area contributed by atoms with Gasteiger partial charge >= 0.3 is 6.36 Å². The molecule has 4 heteroatoms. The van der Waals surface area contributed by atoms with Gasteiger partial charge in [-0.2, -0.15) is 0 Å². The Labute approximate surface area is 177 Å². The molecule has 0 heterocycles. The fourth-order valence-electron chi connectivity index (χ4n) is 3.91. The maximum absolute atomic E-state index is 12.3. The van der Waals surface area contributed by atoms with Gasteiger partial charge in [-0.3, -0.25) is 4.74 Å². The van der Waals surface area contributed by atoms with Crippen molar-refractivity contribution in [1.82, 2.24) is 0 Å². The zero-order valence-electron chi connectivity index (χ0n) is 17.2. The van der Waals surface area contributed by atoms with Gasteiger partial charge < -0.3 is 0 Å². The molecule has 0 amide bonds. The van der Waals surface area contributed by atoms with Crippen LogP contribution in [0.25, 0.3) is 11.1 Å².